The summed E-state index contributed by atoms with van der Waals surface area (Å²) in [5, 5.41) is 31.9. The van der Waals surface area contributed by atoms with E-state index in [1.54, 1.807) is 4.68 Å². The summed E-state index contributed by atoms with van der Waals surface area (Å²) in [6.07, 6.45) is 5.56. The first-order valence-corrected chi connectivity index (χ1v) is 14.3. The molecule has 4 atom stereocenters. The lowest BCUT2D eigenvalue weighted by atomic mass is 9.85. The molecule has 1 aliphatic carbocycles. The van der Waals surface area contributed by atoms with Gasteiger partial charge >= 0.3 is 0 Å². The van der Waals surface area contributed by atoms with Crippen molar-refractivity contribution in [3.05, 3.63) is 47.3 Å². The van der Waals surface area contributed by atoms with Crippen LogP contribution in [0.2, 0.25) is 0 Å². The van der Waals surface area contributed by atoms with E-state index in [2.05, 4.69) is 26.6 Å². The van der Waals surface area contributed by atoms with E-state index >= 15 is 0 Å². The molecule has 2 aliphatic heterocycles. The zero-order valence-electron chi connectivity index (χ0n) is 23.3. The maximum atomic E-state index is 13.9. The molecule has 2 saturated heterocycles. The number of hydrogen-bond acceptors (Lipinski definition) is 7. The maximum absolute atomic E-state index is 13.9. The summed E-state index contributed by atoms with van der Waals surface area (Å²) in [5.74, 6) is -0.0746. The average molecular weight is 539 g/mol. The molecule has 1 aromatic heterocycles. The molecule has 3 heterocycles. The van der Waals surface area contributed by atoms with Gasteiger partial charge in [0.25, 0.3) is 0 Å². The molecule has 3 fully saturated rings. The zero-order chi connectivity index (χ0) is 27.7. The SMILES string of the molecule is CC(C)(C)[C@@H](C(=O)N1C[C@H](O)C[C@H]1C(=O)NCc1ccccc1CN1CCCC1CO)n1cc(C2CC2)nn1. The van der Waals surface area contributed by atoms with Crippen LogP contribution < -0.4 is 5.32 Å². The van der Waals surface area contributed by atoms with Crippen molar-refractivity contribution in [1.29, 1.82) is 0 Å². The minimum Gasteiger partial charge on any atom is -0.395 e. The summed E-state index contributed by atoms with van der Waals surface area (Å²) in [6.45, 7) is 8.21. The third-order valence-electron chi connectivity index (χ3n) is 8.36. The number of nitrogens with zero attached hydrogens (tertiary/aromatic N) is 5. The van der Waals surface area contributed by atoms with E-state index in [9.17, 15) is 19.8 Å². The average Bonchev–Trinajstić information content (AvgIpc) is 3.27. The Morgan fingerprint density at radius 1 is 1.15 bits per heavy atom. The standard InChI is InChI=1S/C29H42N6O4/c1-29(2,3)26(35-17-24(31-32-35)19-10-11-19)28(39)34-16-23(37)13-25(34)27(38)30-14-20-7-4-5-8-21(20)15-33-12-6-9-22(33)18-36/h4-5,7-8,17,19,22-23,25-26,36-37H,6,9-16,18H2,1-3H3,(H,30,38)/t22?,23-,25+,26-/m1/s1. The van der Waals surface area contributed by atoms with Gasteiger partial charge in [-0.25, -0.2) is 4.68 Å². The van der Waals surface area contributed by atoms with Crippen LogP contribution in [0.15, 0.2) is 30.5 Å². The fourth-order valence-corrected chi connectivity index (χ4v) is 6.04. The lowest BCUT2D eigenvalue weighted by Crippen LogP contribution is -2.50. The molecule has 0 spiro atoms. The third-order valence-corrected chi connectivity index (χ3v) is 8.36. The number of carbonyl (C=O) groups is 2. The molecule has 0 bridgehead atoms. The van der Waals surface area contributed by atoms with Gasteiger partial charge in [-0.1, -0.05) is 50.3 Å². The molecule has 3 aliphatic rings. The monoisotopic (exact) mass is 538 g/mol. The molecule has 10 nitrogen and oxygen atoms in total. The van der Waals surface area contributed by atoms with Crippen LogP contribution in [0, 0.1) is 5.41 Å². The zero-order valence-corrected chi connectivity index (χ0v) is 23.3. The molecular formula is C29H42N6O4. The number of aromatic nitrogens is 3. The van der Waals surface area contributed by atoms with Gasteiger partial charge in [-0.15, -0.1) is 5.10 Å². The van der Waals surface area contributed by atoms with Crippen LogP contribution >= 0.6 is 0 Å². The second-order valence-corrected chi connectivity index (χ2v) is 12.5. The highest BCUT2D eigenvalue weighted by atomic mass is 16.3. The van der Waals surface area contributed by atoms with Crippen LogP contribution in [-0.2, 0) is 22.7 Å². The molecule has 10 heteroatoms. The molecule has 1 saturated carbocycles. The second kappa shape index (κ2) is 11.3. The topological polar surface area (TPSA) is 124 Å². The molecule has 1 aromatic carbocycles. The van der Waals surface area contributed by atoms with Crippen LogP contribution in [0.1, 0.15) is 81.7 Å². The summed E-state index contributed by atoms with van der Waals surface area (Å²) in [5.41, 5.74) is 2.56. The van der Waals surface area contributed by atoms with Crippen LogP contribution in [-0.4, -0.2) is 84.7 Å². The van der Waals surface area contributed by atoms with Crippen molar-refractivity contribution in [2.24, 2.45) is 5.41 Å². The van der Waals surface area contributed by atoms with Crippen LogP contribution in [0.3, 0.4) is 0 Å². The Labute approximate surface area is 230 Å². The van der Waals surface area contributed by atoms with Gasteiger partial charge < -0.3 is 20.4 Å². The molecule has 1 unspecified atom stereocenters. The Morgan fingerprint density at radius 3 is 2.59 bits per heavy atom. The van der Waals surface area contributed by atoms with Gasteiger partial charge in [-0.05, 0) is 48.8 Å². The molecule has 39 heavy (non-hydrogen) atoms. The smallest absolute Gasteiger partial charge is 0.248 e. The lowest BCUT2D eigenvalue weighted by molar-refractivity contribution is -0.144. The quantitative estimate of drug-likeness (QED) is 0.446. The minimum absolute atomic E-state index is 0.113. The lowest BCUT2D eigenvalue weighted by Gasteiger charge is -2.34. The summed E-state index contributed by atoms with van der Waals surface area (Å²) in [6, 6.07) is 6.79. The second-order valence-electron chi connectivity index (χ2n) is 12.5. The maximum Gasteiger partial charge on any atom is 0.248 e. The van der Waals surface area contributed by atoms with E-state index in [4.69, 9.17) is 0 Å². The first-order chi connectivity index (χ1) is 18.7. The van der Waals surface area contributed by atoms with Gasteiger partial charge in [0.2, 0.25) is 11.8 Å². The molecule has 212 valence electrons. The molecule has 5 rings (SSSR count). The summed E-state index contributed by atoms with van der Waals surface area (Å²) in [4.78, 5) is 31.2. The first-order valence-electron chi connectivity index (χ1n) is 14.3. The summed E-state index contributed by atoms with van der Waals surface area (Å²) < 4.78 is 1.64. The summed E-state index contributed by atoms with van der Waals surface area (Å²) in [7, 11) is 0. The highest BCUT2D eigenvalue weighted by Gasteiger charge is 2.45. The van der Waals surface area contributed by atoms with Crippen LogP contribution in [0.5, 0.6) is 0 Å². The number of nitrogens with one attached hydrogen (secondary N) is 1. The van der Waals surface area contributed by atoms with Crippen molar-refractivity contribution >= 4 is 11.8 Å². The highest BCUT2D eigenvalue weighted by molar-refractivity contribution is 5.90. The first kappa shape index (κ1) is 27.7. The fourth-order valence-electron chi connectivity index (χ4n) is 6.04. The number of likely N-dealkylation sites (tertiary alicyclic amines) is 2. The Hall–Kier alpha value is -2.82. The molecule has 0 radical (unpaired) electrons. The van der Waals surface area contributed by atoms with Gasteiger partial charge in [-0.2, -0.15) is 0 Å². The molecular weight excluding hydrogens is 496 g/mol. The molecule has 2 aromatic rings. The Morgan fingerprint density at radius 2 is 1.90 bits per heavy atom. The number of rotatable bonds is 9. The Bertz CT molecular complexity index is 1170. The fraction of sp³-hybridized carbons (Fsp3) is 0.655. The van der Waals surface area contributed by atoms with E-state index in [0.29, 0.717) is 12.5 Å². The Balaban J connectivity index is 1.28. The molecule has 2 amide bonds. The number of aliphatic hydroxyl groups is 2. The number of β-amino-alcohol motifs (C(OH)–C–C–N with tert-alkyl or cyclic N) is 1. The van der Waals surface area contributed by atoms with Crippen molar-refractivity contribution in [3.8, 4) is 0 Å². The van der Waals surface area contributed by atoms with Crippen molar-refractivity contribution in [2.45, 2.75) is 96.1 Å². The number of carbonyl (C=O) groups excluding carboxylic acids is 2. The number of benzene rings is 1. The predicted molar refractivity (Wildman–Crippen MR) is 145 cm³/mol. The van der Waals surface area contributed by atoms with E-state index in [-0.39, 0.29) is 37.4 Å². The number of aliphatic hydroxyl groups excluding tert-OH is 2. The van der Waals surface area contributed by atoms with Crippen LogP contribution in [0.4, 0.5) is 0 Å². The van der Waals surface area contributed by atoms with E-state index in [1.165, 1.54) is 4.90 Å². The largest absolute Gasteiger partial charge is 0.395 e. The van der Waals surface area contributed by atoms with Crippen molar-refractivity contribution in [2.75, 3.05) is 19.7 Å². The van der Waals surface area contributed by atoms with Gasteiger partial charge in [0.15, 0.2) is 0 Å². The highest BCUT2D eigenvalue weighted by Crippen LogP contribution is 2.40. The summed E-state index contributed by atoms with van der Waals surface area (Å²) >= 11 is 0. The van der Waals surface area contributed by atoms with Gasteiger partial charge in [0.05, 0.1) is 18.4 Å². The van der Waals surface area contributed by atoms with Crippen LogP contribution in [0.25, 0.3) is 0 Å². The molecule has 3 N–H and O–H groups in total. The van der Waals surface area contributed by atoms with E-state index in [0.717, 1.165) is 55.6 Å². The van der Waals surface area contributed by atoms with Gasteiger partial charge in [-0.3, -0.25) is 14.5 Å². The van der Waals surface area contributed by atoms with E-state index < -0.39 is 23.6 Å². The number of hydrogen-bond donors (Lipinski definition) is 3. The van der Waals surface area contributed by atoms with Gasteiger partial charge in [0, 0.05) is 44.2 Å². The number of amides is 2. The van der Waals surface area contributed by atoms with E-state index in [1.807, 2.05) is 45.2 Å². The van der Waals surface area contributed by atoms with Crippen molar-refractivity contribution in [3.63, 3.8) is 0 Å². The Kier molecular flexibility index (Phi) is 8.07. The minimum atomic E-state index is -0.763. The van der Waals surface area contributed by atoms with Crippen molar-refractivity contribution in [1.82, 2.24) is 30.1 Å². The van der Waals surface area contributed by atoms with Gasteiger partial charge in [0.1, 0.15) is 12.1 Å². The predicted octanol–water partition coefficient (Wildman–Crippen LogP) is 1.98. The third kappa shape index (κ3) is 6.18. The normalized spacial score (nSPS) is 24.7. The van der Waals surface area contributed by atoms with Crippen molar-refractivity contribution < 1.29 is 19.8 Å².